The number of nitrogens with two attached hydrogens (primary N) is 1. The summed E-state index contributed by atoms with van der Waals surface area (Å²) in [5.41, 5.74) is 5.04. The van der Waals surface area contributed by atoms with E-state index in [1.807, 2.05) is 25.1 Å². The number of fused-ring (bicyclic) bond motifs is 10. The number of carbonyl (C=O) groups is 5. The molecule has 2 bridgehead atoms. The molecule has 0 spiro atoms. The van der Waals surface area contributed by atoms with Crippen LogP contribution in [0.15, 0.2) is 48.1 Å². The average molecular weight is 844 g/mol. The number of Topliss-reactive ketones (excluding diaryl/α,β-unsaturated/α-hetero) is 1. The van der Waals surface area contributed by atoms with E-state index < -0.39 is 70.8 Å². The molecule has 13 heteroatoms. The molecule has 0 radical (unpaired) electrons. The van der Waals surface area contributed by atoms with Crippen LogP contribution in [-0.4, -0.2) is 87.7 Å². The lowest BCUT2D eigenvalue weighted by molar-refractivity contribution is -0.201. The number of hydrogen-bond acceptors (Lipinski definition) is 11. The summed E-state index contributed by atoms with van der Waals surface area (Å²) in [6.45, 7) is 8.58. The number of aliphatic hydroxyl groups is 2. The Labute approximate surface area is 359 Å². The summed E-state index contributed by atoms with van der Waals surface area (Å²) < 4.78 is 18.9. The molecule has 7 aliphatic carbocycles. The minimum atomic E-state index is -1.41. The molecule has 6 saturated carbocycles. The SMILES string of the molecule is CC(C)(C)OC(=O)CC[C@H](NC(=O)CN)C(=O)NC12CCC(Cc3ccc([C@@H]4O[C@@H]5C[C@H]6[C@@H]7CCC8=CC(=O)C=C[C@]8(C)[C@H]7[C@@H](O)C[C@]6(C)[C@]5(C(=O)CO)O4)cc3)(CC1)CC2. The van der Waals surface area contributed by atoms with Crippen molar-refractivity contribution in [2.24, 2.45) is 39.7 Å². The molecule has 1 aromatic rings. The van der Waals surface area contributed by atoms with Crippen LogP contribution in [0.25, 0.3) is 0 Å². The molecule has 61 heavy (non-hydrogen) atoms. The Bertz CT molecular complexity index is 1980. The molecular weight excluding hydrogens is 779 g/mol. The van der Waals surface area contributed by atoms with E-state index in [1.165, 1.54) is 5.56 Å². The van der Waals surface area contributed by atoms with Gasteiger partial charge in [-0.1, -0.05) is 49.8 Å². The largest absolute Gasteiger partial charge is 0.460 e. The Balaban J connectivity index is 0.909. The number of allylic oxidation sites excluding steroid dienone is 4. The Morgan fingerprint density at radius 1 is 1.03 bits per heavy atom. The second-order valence-corrected chi connectivity index (χ2v) is 21.0. The number of ether oxygens (including phenoxy) is 3. The monoisotopic (exact) mass is 843 g/mol. The van der Waals surface area contributed by atoms with Crippen molar-refractivity contribution in [3.8, 4) is 0 Å². The highest BCUT2D eigenvalue weighted by Crippen LogP contribution is 2.70. The summed E-state index contributed by atoms with van der Waals surface area (Å²) in [5, 5.41) is 28.4. The first-order chi connectivity index (χ1) is 28.8. The summed E-state index contributed by atoms with van der Waals surface area (Å²) in [7, 11) is 0. The summed E-state index contributed by atoms with van der Waals surface area (Å²) in [6.07, 6.45) is 11.9. The molecule has 8 aliphatic rings. The molecule has 1 aromatic carbocycles. The Morgan fingerprint density at radius 2 is 1.72 bits per heavy atom. The van der Waals surface area contributed by atoms with Crippen molar-refractivity contribution in [1.82, 2.24) is 10.6 Å². The molecule has 0 unspecified atom stereocenters. The van der Waals surface area contributed by atoms with Gasteiger partial charge in [-0.3, -0.25) is 24.0 Å². The molecular formula is C48H65N3O10. The maximum Gasteiger partial charge on any atom is 0.306 e. The van der Waals surface area contributed by atoms with Gasteiger partial charge in [0.05, 0.1) is 18.8 Å². The van der Waals surface area contributed by atoms with Crippen LogP contribution in [-0.2, 0) is 44.6 Å². The van der Waals surface area contributed by atoms with Crippen LogP contribution in [0.4, 0.5) is 0 Å². The summed E-state index contributed by atoms with van der Waals surface area (Å²) in [5.74, 6) is -1.61. The molecule has 9 rings (SSSR count). The zero-order valence-electron chi connectivity index (χ0n) is 36.4. The third kappa shape index (κ3) is 7.64. The zero-order valence-corrected chi connectivity index (χ0v) is 36.4. The maximum atomic E-state index is 14.0. The maximum absolute atomic E-state index is 14.0. The van der Waals surface area contributed by atoms with Gasteiger partial charge in [0.25, 0.3) is 0 Å². The van der Waals surface area contributed by atoms with E-state index in [0.717, 1.165) is 68.9 Å². The van der Waals surface area contributed by atoms with Crippen LogP contribution >= 0.6 is 0 Å². The van der Waals surface area contributed by atoms with Gasteiger partial charge in [0.2, 0.25) is 11.8 Å². The third-order valence-corrected chi connectivity index (χ3v) is 16.3. The number of nitrogens with one attached hydrogen (secondary N) is 2. The van der Waals surface area contributed by atoms with Crippen LogP contribution in [0.1, 0.15) is 129 Å². The van der Waals surface area contributed by atoms with Crippen LogP contribution in [0.5, 0.6) is 0 Å². The average Bonchev–Trinajstić information content (AvgIpc) is 3.72. The highest BCUT2D eigenvalue weighted by molar-refractivity contribution is 6.01. The predicted molar refractivity (Wildman–Crippen MR) is 224 cm³/mol. The van der Waals surface area contributed by atoms with E-state index >= 15 is 0 Å². The van der Waals surface area contributed by atoms with E-state index in [2.05, 4.69) is 29.7 Å². The molecule has 2 amide bonds. The van der Waals surface area contributed by atoms with Gasteiger partial charge in [0.15, 0.2) is 23.5 Å². The fourth-order valence-corrected chi connectivity index (χ4v) is 13.3. The number of carbonyl (C=O) groups excluding carboxylic acids is 5. The minimum Gasteiger partial charge on any atom is -0.460 e. The Hall–Kier alpha value is -3.75. The van der Waals surface area contributed by atoms with Gasteiger partial charge in [-0.25, -0.2) is 0 Å². The lowest BCUT2D eigenvalue weighted by Gasteiger charge is -2.59. The second kappa shape index (κ2) is 15.8. The van der Waals surface area contributed by atoms with Crippen molar-refractivity contribution in [3.05, 3.63) is 59.2 Å². The molecule has 332 valence electrons. The Kier molecular flexibility index (Phi) is 11.4. The molecule has 1 aliphatic heterocycles. The van der Waals surface area contributed by atoms with E-state index in [4.69, 9.17) is 19.9 Å². The predicted octanol–water partition coefficient (Wildman–Crippen LogP) is 4.61. The van der Waals surface area contributed by atoms with Crippen molar-refractivity contribution >= 4 is 29.4 Å². The normalized spacial score (nSPS) is 39.0. The fourth-order valence-electron chi connectivity index (χ4n) is 13.3. The number of aliphatic hydroxyl groups excluding tert-OH is 2. The first-order valence-corrected chi connectivity index (χ1v) is 22.5. The minimum absolute atomic E-state index is 0.0107. The summed E-state index contributed by atoms with van der Waals surface area (Å²) >= 11 is 0. The van der Waals surface area contributed by atoms with Gasteiger partial charge in [0.1, 0.15) is 18.2 Å². The number of benzene rings is 1. The Morgan fingerprint density at radius 3 is 2.36 bits per heavy atom. The van der Waals surface area contributed by atoms with Crippen molar-refractivity contribution in [1.29, 1.82) is 0 Å². The first-order valence-electron chi connectivity index (χ1n) is 22.5. The van der Waals surface area contributed by atoms with Crippen molar-refractivity contribution in [2.45, 2.75) is 159 Å². The molecule has 0 aromatic heterocycles. The molecule has 1 heterocycles. The van der Waals surface area contributed by atoms with Crippen LogP contribution < -0.4 is 16.4 Å². The third-order valence-electron chi connectivity index (χ3n) is 16.3. The number of rotatable bonds is 12. The van der Waals surface area contributed by atoms with Crippen LogP contribution in [0.2, 0.25) is 0 Å². The van der Waals surface area contributed by atoms with Crippen LogP contribution in [0, 0.1) is 34.0 Å². The quantitative estimate of drug-likeness (QED) is 0.184. The van der Waals surface area contributed by atoms with E-state index in [-0.39, 0.29) is 59.8 Å². The van der Waals surface area contributed by atoms with Gasteiger partial charge in [-0.2, -0.15) is 0 Å². The molecule has 6 N–H and O–H groups in total. The fraction of sp³-hybridized carbons (Fsp3) is 0.688. The van der Waals surface area contributed by atoms with Crippen molar-refractivity contribution in [2.75, 3.05) is 13.2 Å². The smallest absolute Gasteiger partial charge is 0.306 e. The van der Waals surface area contributed by atoms with Crippen molar-refractivity contribution in [3.63, 3.8) is 0 Å². The lowest BCUT2D eigenvalue weighted by Crippen LogP contribution is -2.63. The highest BCUT2D eigenvalue weighted by atomic mass is 16.7. The molecule has 1 saturated heterocycles. The lowest BCUT2D eigenvalue weighted by atomic mass is 9.46. The standard InChI is InChI=1S/C48H65N3O10/c1-43(2,3)60-39(57)13-12-34(50-38(56)26-49)41(58)51-47-19-16-46(17-20-47,18-21-47)24-28-6-8-29(9-7-28)42-59-37-23-33-32-11-10-30-22-31(53)14-15-44(30,4)40(32)35(54)25-45(33,5)48(37,61-42)36(55)27-52/h6-9,14-15,22,32-35,37,40,42,52,54H,10-13,16-21,23-27,49H2,1-5H3,(H,50,56)(H,51,58)/t32-,33-,34-,35-,37+,40+,42+,44-,45-,46?,47?,48+/m0/s1. The van der Waals surface area contributed by atoms with Crippen molar-refractivity contribution < 1.29 is 48.4 Å². The van der Waals surface area contributed by atoms with Gasteiger partial charge >= 0.3 is 5.97 Å². The first kappa shape index (κ1) is 43.9. The van der Waals surface area contributed by atoms with Gasteiger partial charge in [-0.15, -0.1) is 0 Å². The molecule has 10 atom stereocenters. The number of hydrogen-bond donors (Lipinski definition) is 5. The summed E-state index contributed by atoms with van der Waals surface area (Å²) in [4.78, 5) is 64.6. The number of ketones is 2. The highest BCUT2D eigenvalue weighted by Gasteiger charge is 2.76. The van der Waals surface area contributed by atoms with Crippen LogP contribution in [0.3, 0.4) is 0 Å². The van der Waals surface area contributed by atoms with Gasteiger partial charge < -0.3 is 40.8 Å². The topological polar surface area (TPSA) is 204 Å². The zero-order chi connectivity index (χ0) is 43.8. The summed E-state index contributed by atoms with van der Waals surface area (Å²) in [6, 6.07) is 7.34. The van der Waals surface area contributed by atoms with E-state index in [1.54, 1.807) is 32.9 Å². The number of esters is 1. The van der Waals surface area contributed by atoms with Gasteiger partial charge in [0, 0.05) is 34.3 Å². The van der Waals surface area contributed by atoms with E-state index in [9.17, 15) is 34.2 Å². The molecule has 13 nitrogen and oxygen atoms in total. The van der Waals surface area contributed by atoms with E-state index in [0.29, 0.717) is 12.8 Å². The van der Waals surface area contributed by atoms with Gasteiger partial charge in [-0.05, 0) is 133 Å². The second-order valence-electron chi connectivity index (χ2n) is 21.0. The number of amides is 2. The molecule has 7 fully saturated rings.